The van der Waals surface area contributed by atoms with Gasteiger partial charge in [-0.2, -0.15) is 0 Å². The maximum Gasteiger partial charge on any atom is 0.129 e. The molecule has 4 heteroatoms. The van der Waals surface area contributed by atoms with Gasteiger partial charge in [0.25, 0.3) is 0 Å². The van der Waals surface area contributed by atoms with Crippen molar-refractivity contribution >= 4 is 28.4 Å². The van der Waals surface area contributed by atoms with Crippen molar-refractivity contribution in [1.29, 1.82) is 0 Å². The minimum absolute atomic E-state index is 0.530. The molecule has 0 amide bonds. The van der Waals surface area contributed by atoms with Crippen molar-refractivity contribution in [2.75, 3.05) is 13.3 Å². The number of aliphatic imine (C=N–C) groups is 1. The second-order valence-corrected chi connectivity index (χ2v) is 3.75. The van der Waals surface area contributed by atoms with Crippen LogP contribution >= 0.6 is 23.4 Å². The largest absolute Gasteiger partial charge is 0.286 e. The number of hydrogen-bond acceptors (Lipinski definition) is 3. The number of pyridine rings is 1. The van der Waals surface area contributed by atoms with Crippen LogP contribution in [0.5, 0.6) is 0 Å². The predicted octanol–water partition coefficient (Wildman–Crippen LogP) is 3.70. The minimum atomic E-state index is 0.530. The molecule has 0 aromatic carbocycles. The fourth-order valence-electron chi connectivity index (χ4n) is 0.928. The van der Waals surface area contributed by atoms with E-state index in [4.69, 9.17) is 11.6 Å². The highest BCUT2D eigenvalue weighted by molar-refractivity contribution is 8.13. The molecule has 0 bridgehead atoms. The van der Waals surface area contributed by atoms with Crippen LogP contribution < -0.4 is 0 Å². The Morgan fingerprint density at radius 1 is 1.47 bits per heavy atom. The fourth-order valence-corrected chi connectivity index (χ4v) is 1.53. The quantitative estimate of drug-likeness (QED) is 0.450. The SMILES string of the molecule is CC.CN=C(Cc1ccc(Cl)nc1)SC. The Morgan fingerprint density at radius 2 is 2.13 bits per heavy atom. The molecule has 0 unspecified atom stereocenters. The van der Waals surface area contributed by atoms with Gasteiger partial charge in [-0.15, -0.1) is 11.8 Å². The monoisotopic (exact) mass is 244 g/mol. The molecule has 15 heavy (non-hydrogen) atoms. The molecule has 2 nitrogen and oxygen atoms in total. The van der Waals surface area contributed by atoms with Gasteiger partial charge in [-0.3, -0.25) is 4.99 Å². The molecule has 0 aliphatic heterocycles. The van der Waals surface area contributed by atoms with Crippen LogP contribution in [0.15, 0.2) is 23.3 Å². The van der Waals surface area contributed by atoms with Gasteiger partial charge in [0.1, 0.15) is 5.15 Å². The van der Waals surface area contributed by atoms with Crippen molar-refractivity contribution in [3.05, 3.63) is 29.0 Å². The van der Waals surface area contributed by atoms with Gasteiger partial charge in [0.2, 0.25) is 0 Å². The number of halogens is 1. The number of hydrogen-bond donors (Lipinski definition) is 0. The summed E-state index contributed by atoms with van der Waals surface area (Å²) in [4.78, 5) is 8.15. The summed E-state index contributed by atoms with van der Waals surface area (Å²) < 4.78 is 0. The molecule has 0 saturated carbocycles. The molecule has 0 atom stereocenters. The Hall–Kier alpha value is -0.540. The van der Waals surface area contributed by atoms with E-state index in [9.17, 15) is 0 Å². The van der Waals surface area contributed by atoms with Gasteiger partial charge in [0.15, 0.2) is 0 Å². The van der Waals surface area contributed by atoms with E-state index in [1.807, 2.05) is 26.2 Å². The average Bonchev–Trinajstić information content (AvgIpc) is 2.31. The van der Waals surface area contributed by atoms with Crippen LogP contribution in [0.25, 0.3) is 0 Å². The van der Waals surface area contributed by atoms with E-state index < -0.39 is 0 Å². The Balaban J connectivity index is 0.000000921. The predicted molar refractivity (Wildman–Crippen MR) is 71.2 cm³/mol. The number of rotatable bonds is 2. The first-order valence-electron chi connectivity index (χ1n) is 4.86. The standard InChI is InChI=1S/C9H11ClN2S.C2H6/c1-11-9(13-2)5-7-3-4-8(10)12-6-7;1-2/h3-4,6H,5H2,1-2H3;1-2H3. The van der Waals surface area contributed by atoms with Gasteiger partial charge in [0.05, 0.1) is 5.04 Å². The zero-order chi connectivity index (χ0) is 11.7. The third-order valence-corrected chi connectivity index (χ3v) is 2.65. The normalized spacial score (nSPS) is 10.6. The maximum atomic E-state index is 5.67. The van der Waals surface area contributed by atoms with E-state index in [2.05, 4.69) is 9.98 Å². The highest BCUT2D eigenvalue weighted by atomic mass is 35.5. The second kappa shape index (κ2) is 8.74. The summed E-state index contributed by atoms with van der Waals surface area (Å²) in [6.07, 6.45) is 4.64. The lowest BCUT2D eigenvalue weighted by Gasteiger charge is -2.01. The number of thioether (sulfide) groups is 1. The molecule has 0 fully saturated rings. The zero-order valence-corrected chi connectivity index (χ0v) is 11.2. The summed E-state index contributed by atoms with van der Waals surface area (Å²) in [5, 5.41) is 1.63. The summed E-state index contributed by atoms with van der Waals surface area (Å²) in [6, 6.07) is 3.77. The van der Waals surface area contributed by atoms with E-state index >= 15 is 0 Å². The van der Waals surface area contributed by atoms with Crippen molar-refractivity contribution in [2.45, 2.75) is 20.3 Å². The molecule has 1 heterocycles. The Morgan fingerprint density at radius 3 is 2.53 bits per heavy atom. The van der Waals surface area contributed by atoms with Crippen LogP contribution in [0.4, 0.5) is 0 Å². The van der Waals surface area contributed by atoms with E-state index in [0.717, 1.165) is 17.0 Å². The van der Waals surface area contributed by atoms with Crippen LogP contribution in [-0.4, -0.2) is 23.3 Å². The number of aromatic nitrogens is 1. The Bertz CT molecular complexity index is 296. The van der Waals surface area contributed by atoms with E-state index in [-0.39, 0.29) is 0 Å². The van der Waals surface area contributed by atoms with Crippen molar-refractivity contribution in [3.63, 3.8) is 0 Å². The van der Waals surface area contributed by atoms with Gasteiger partial charge in [0, 0.05) is 19.7 Å². The third kappa shape index (κ3) is 5.80. The molecule has 0 radical (unpaired) electrons. The Kier molecular flexibility index (Phi) is 8.43. The smallest absolute Gasteiger partial charge is 0.129 e. The van der Waals surface area contributed by atoms with Crippen molar-refractivity contribution in [2.24, 2.45) is 4.99 Å². The summed E-state index contributed by atoms with van der Waals surface area (Å²) in [5.41, 5.74) is 1.14. The van der Waals surface area contributed by atoms with E-state index in [1.54, 1.807) is 31.1 Å². The molecule has 0 aliphatic rings. The van der Waals surface area contributed by atoms with Crippen molar-refractivity contribution in [3.8, 4) is 0 Å². The molecule has 1 aromatic heterocycles. The fraction of sp³-hybridized carbons (Fsp3) is 0.455. The van der Waals surface area contributed by atoms with Crippen LogP contribution in [0.2, 0.25) is 5.15 Å². The molecular formula is C11H17ClN2S. The summed E-state index contributed by atoms with van der Waals surface area (Å²) in [6.45, 7) is 4.00. The molecule has 1 rings (SSSR count). The molecule has 0 N–H and O–H groups in total. The van der Waals surface area contributed by atoms with Gasteiger partial charge in [-0.1, -0.05) is 31.5 Å². The molecule has 84 valence electrons. The lowest BCUT2D eigenvalue weighted by atomic mass is 10.2. The lowest BCUT2D eigenvalue weighted by molar-refractivity contribution is 1.22. The average molecular weight is 245 g/mol. The first kappa shape index (κ1) is 14.5. The summed E-state index contributed by atoms with van der Waals surface area (Å²) >= 11 is 7.33. The first-order valence-corrected chi connectivity index (χ1v) is 6.46. The second-order valence-electron chi connectivity index (χ2n) is 2.49. The van der Waals surface area contributed by atoms with Crippen molar-refractivity contribution in [1.82, 2.24) is 4.98 Å². The topological polar surface area (TPSA) is 25.2 Å². The minimum Gasteiger partial charge on any atom is -0.286 e. The van der Waals surface area contributed by atoms with E-state index in [1.165, 1.54) is 0 Å². The van der Waals surface area contributed by atoms with Crippen LogP contribution in [0.3, 0.4) is 0 Å². The maximum absolute atomic E-state index is 5.67. The van der Waals surface area contributed by atoms with Crippen LogP contribution in [0.1, 0.15) is 19.4 Å². The van der Waals surface area contributed by atoms with Crippen LogP contribution in [0, 0.1) is 0 Å². The third-order valence-electron chi connectivity index (χ3n) is 1.63. The Labute approximate surface area is 101 Å². The molecule has 1 aromatic rings. The zero-order valence-electron chi connectivity index (χ0n) is 9.62. The first-order chi connectivity index (χ1) is 7.26. The lowest BCUT2D eigenvalue weighted by Crippen LogP contribution is -1.97. The molecule has 0 saturated heterocycles. The molecule has 0 aliphatic carbocycles. The van der Waals surface area contributed by atoms with E-state index in [0.29, 0.717) is 5.15 Å². The summed E-state index contributed by atoms with van der Waals surface area (Å²) in [5.74, 6) is 0. The van der Waals surface area contributed by atoms with Gasteiger partial charge < -0.3 is 0 Å². The van der Waals surface area contributed by atoms with Crippen LogP contribution in [-0.2, 0) is 6.42 Å². The highest BCUT2D eigenvalue weighted by Gasteiger charge is 1.99. The van der Waals surface area contributed by atoms with Gasteiger partial charge in [-0.05, 0) is 17.9 Å². The number of nitrogens with zero attached hydrogens (tertiary/aromatic N) is 2. The van der Waals surface area contributed by atoms with Gasteiger partial charge >= 0.3 is 0 Å². The van der Waals surface area contributed by atoms with Gasteiger partial charge in [-0.25, -0.2) is 4.98 Å². The molecular weight excluding hydrogens is 228 g/mol. The molecule has 0 spiro atoms. The van der Waals surface area contributed by atoms with Crippen molar-refractivity contribution < 1.29 is 0 Å². The summed E-state index contributed by atoms with van der Waals surface area (Å²) in [7, 11) is 1.80. The highest BCUT2D eigenvalue weighted by Crippen LogP contribution is 2.09.